The quantitative estimate of drug-likeness (QED) is 0.543. The van der Waals surface area contributed by atoms with Gasteiger partial charge in [0.25, 0.3) is 0 Å². The van der Waals surface area contributed by atoms with Gasteiger partial charge in [-0.2, -0.15) is 9.78 Å². The molecule has 1 heterocycles. The molecule has 3 aromatic rings. The lowest BCUT2D eigenvalue weighted by atomic mass is 10.1. The van der Waals surface area contributed by atoms with E-state index in [1.54, 1.807) is 24.3 Å². The molecule has 1 aromatic heterocycles. The van der Waals surface area contributed by atoms with Crippen molar-refractivity contribution < 1.29 is 9.90 Å². The van der Waals surface area contributed by atoms with Crippen molar-refractivity contribution in [2.24, 2.45) is 5.10 Å². The van der Waals surface area contributed by atoms with E-state index in [-0.39, 0.29) is 5.56 Å². The summed E-state index contributed by atoms with van der Waals surface area (Å²) in [5.74, 6) is -0.236. The van der Waals surface area contributed by atoms with Gasteiger partial charge in [0.15, 0.2) is 0 Å². The summed E-state index contributed by atoms with van der Waals surface area (Å²) in [6.45, 7) is 2.05. The van der Waals surface area contributed by atoms with Crippen LogP contribution in [-0.4, -0.2) is 32.2 Å². The first-order valence-corrected chi connectivity index (χ1v) is 8.57. The maximum absolute atomic E-state index is 11.2. The highest BCUT2D eigenvalue weighted by Gasteiger charge is 2.08. The number of thioether (sulfide) groups is 1. The second kappa shape index (κ2) is 7.76. The van der Waals surface area contributed by atoms with E-state index in [1.165, 1.54) is 40.1 Å². The number of aryl methyl sites for hydroxylation is 1. The first-order chi connectivity index (χ1) is 12.1. The predicted octanol–water partition coefficient (Wildman–Crippen LogP) is 3.46. The summed E-state index contributed by atoms with van der Waals surface area (Å²) in [6.07, 6.45) is 3.00. The third-order valence-corrected chi connectivity index (χ3v) is 4.51. The van der Waals surface area contributed by atoms with E-state index in [1.807, 2.05) is 0 Å². The van der Waals surface area contributed by atoms with Crippen molar-refractivity contribution in [3.63, 3.8) is 0 Å². The molecule has 126 valence electrons. The van der Waals surface area contributed by atoms with Crippen molar-refractivity contribution in [3.05, 3.63) is 77.1 Å². The molecule has 0 amide bonds. The van der Waals surface area contributed by atoms with Gasteiger partial charge in [-0.3, -0.25) is 0 Å². The largest absolute Gasteiger partial charge is 0.478 e. The summed E-state index contributed by atoms with van der Waals surface area (Å²) >= 11 is 1.52. The van der Waals surface area contributed by atoms with Crippen molar-refractivity contribution in [2.75, 3.05) is 0 Å². The van der Waals surface area contributed by atoms with Crippen molar-refractivity contribution in [1.82, 2.24) is 14.9 Å². The average Bonchev–Trinajstić information content (AvgIpc) is 3.07. The van der Waals surface area contributed by atoms with Crippen LogP contribution in [-0.2, 0) is 5.75 Å². The molecule has 0 aliphatic rings. The molecule has 0 radical (unpaired) electrons. The molecule has 25 heavy (non-hydrogen) atoms. The molecule has 0 aliphatic carbocycles. The van der Waals surface area contributed by atoms with Gasteiger partial charge in [-0.1, -0.05) is 59.8 Å². The molecule has 3 rings (SSSR count). The van der Waals surface area contributed by atoms with E-state index in [0.29, 0.717) is 10.7 Å². The van der Waals surface area contributed by atoms with Gasteiger partial charge in [0.2, 0.25) is 5.16 Å². The van der Waals surface area contributed by atoms with Crippen molar-refractivity contribution >= 4 is 23.9 Å². The van der Waals surface area contributed by atoms with Gasteiger partial charge in [0.05, 0.1) is 11.8 Å². The molecular formula is C18H16N4O2S. The Hall–Kier alpha value is -2.93. The highest BCUT2D eigenvalue weighted by molar-refractivity contribution is 7.98. The summed E-state index contributed by atoms with van der Waals surface area (Å²) < 4.78 is 1.54. The highest BCUT2D eigenvalue weighted by atomic mass is 32.2. The van der Waals surface area contributed by atoms with Crippen LogP contribution in [0.2, 0.25) is 0 Å². The van der Waals surface area contributed by atoms with Crippen LogP contribution < -0.4 is 0 Å². The van der Waals surface area contributed by atoms with Crippen LogP contribution in [0, 0.1) is 6.92 Å². The third kappa shape index (κ3) is 4.33. The molecule has 0 spiro atoms. The maximum atomic E-state index is 11.2. The molecule has 0 aliphatic heterocycles. The standard InChI is InChI=1S/C18H16N4O2S/c1-13-6-8-14(9-7-13)11-25-18-21-19-12-22(18)20-10-15-4-2-3-5-16(15)17(23)24/h2-10,12H,11H2,1H3,(H,23,24)/b20-10-. The molecular weight excluding hydrogens is 336 g/mol. The Labute approximate surface area is 149 Å². The summed E-state index contributed by atoms with van der Waals surface area (Å²) in [6, 6.07) is 15.0. The smallest absolute Gasteiger partial charge is 0.336 e. The second-order valence-electron chi connectivity index (χ2n) is 5.37. The number of carboxylic acids is 1. The monoisotopic (exact) mass is 352 g/mol. The number of hydrogen-bond acceptors (Lipinski definition) is 5. The van der Waals surface area contributed by atoms with E-state index >= 15 is 0 Å². The summed E-state index contributed by atoms with van der Waals surface area (Å²) in [7, 11) is 0. The van der Waals surface area contributed by atoms with Crippen molar-refractivity contribution in [3.8, 4) is 0 Å². The fraction of sp³-hybridized carbons (Fsp3) is 0.111. The number of rotatable bonds is 6. The molecule has 6 nitrogen and oxygen atoms in total. The van der Waals surface area contributed by atoms with Gasteiger partial charge in [0, 0.05) is 11.3 Å². The zero-order chi connectivity index (χ0) is 17.6. The molecule has 0 bridgehead atoms. The Morgan fingerprint density at radius 2 is 2.00 bits per heavy atom. The number of carbonyl (C=O) groups is 1. The van der Waals surface area contributed by atoms with E-state index < -0.39 is 5.97 Å². The first kappa shape index (κ1) is 16.9. The molecule has 0 saturated carbocycles. The first-order valence-electron chi connectivity index (χ1n) is 7.58. The Morgan fingerprint density at radius 3 is 2.76 bits per heavy atom. The average molecular weight is 352 g/mol. The molecule has 0 unspecified atom stereocenters. The lowest BCUT2D eigenvalue weighted by Crippen LogP contribution is -2.02. The van der Waals surface area contributed by atoms with E-state index in [2.05, 4.69) is 46.5 Å². The number of aromatic carboxylic acids is 1. The summed E-state index contributed by atoms with van der Waals surface area (Å²) in [5.41, 5.74) is 3.13. The Balaban J connectivity index is 1.73. The molecule has 1 N–H and O–H groups in total. The summed E-state index contributed by atoms with van der Waals surface area (Å²) in [5, 5.41) is 22.1. The van der Waals surface area contributed by atoms with Crippen molar-refractivity contribution in [2.45, 2.75) is 17.8 Å². The zero-order valence-electron chi connectivity index (χ0n) is 13.5. The van der Waals surface area contributed by atoms with Gasteiger partial charge >= 0.3 is 5.97 Å². The van der Waals surface area contributed by atoms with Crippen LogP contribution in [0.5, 0.6) is 0 Å². The Kier molecular flexibility index (Phi) is 5.25. The van der Waals surface area contributed by atoms with E-state index in [9.17, 15) is 9.90 Å². The van der Waals surface area contributed by atoms with Gasteiger partial charge < -0.3 is 5.11 Å². The summed E-state index contributed by atoms with van der Waals surface area (Å²) in [4.78, 5) is 11.2. The van der Waals surface area contributed by atoms with Gasteiger partial charge in [-0.05, 0) is 18.6 Å². The van der Waals surface area contributed by atoms with Crippen LogP contribution in [0.1, 0.15) is 27.0 Å². The van der Waals surface area contributed by atoms with Crippen LogP contribution in [0.3, 0.4) is 0 Å². The van der Waals surface area contributed by atoms with Gasteiger partial charge in [-0.15, -0.1) is 10.2 Å². The Bertz CT molecular complexity index is 903. The van der Waals surface area contributed by atoms with Crippen LogP contribution in [0.4, 0.5) is 0 Å². The minimum absolute atomic E-state index is 0.202. The molecule has 2 aromatic carbocycles. The van der Waals surface area contributed by atoms with Crippen LogP contribution in [0.25, 0.3) is 0 Å². The zero-order valence-corrected chi connectivity index (χ0v) is 14.3. The minimum Gasteiger partial charge on any atom is -0.478 e. The van der Waals surface area contributed by atoms with E-state index in [0.717, 1.165) is 5.75 Å². The second-order valence-corrected chi connectivity index (χ2v) is 6.31. The van der Waals surface area contributed by atoms with Crippen LogP contribution >= 0.6 is 11.8 Å². The lowest BCUT2D eigenvalue weighted by molar-refractivity contribution is 0.0697. The number of hydrogen-bond donors (Lipinski definition) is 1. The predicted molar refractivity (Wildman–Crippen MR) is 97.2 cm³/mol. The normalized spacial score (nSPS) is 11.1. The number of carboxylic acid groups (broad SMARTS) is 1. The van der Waals surface area contributed by atoms with Crippen molar-refractivity contribution in [1.29, 1.82) is 0 Å². The highest BCUT2D eigenvalue weighted by Crippen LogP contribution is 2.20. The lowest BCUT2D eigenvalue weighted by Gasteiger charge is -2.03. The molecule has 0 atom stereocenters. The van der Waals surface area contributed by atoms with Gasteiger partial charge in [0.1, 0.15) is 6.33 Å². The molecule has 0 saturated heterocycles. The van der Waals surface area contributed by atoms with Crippen LogP contribution in [0.15, 0.2) is 65.1 Å². The number of nitrogens with zero attached hydrogens (tertiary/aromatic N) is 4. The molecule has 7 heteroatoms. The Morgan fingerprint density at radius 1 is 1.24 bits per heavy atom. The fourth-order valence-electron chi connectivity index (χ4n) is 2.15. The SMILES string of the molecule is Cc1ccc(CSc2nncn2/N=C\c2ccccc2C(=O)O)cc1. The van der Waals surface area contributed by atoms with E-state index in [4.69, 9.17) is 0 Å². The number of aromatic nitrogens is 3. The maximum Gasteiger partial charge on any atom is 0.336 e. The third-order valence-electron chi connectivity index (χ3n) is 3.50. The van der Waals surface area contributed by atoms with Gasteiger partial charge in [-0.25, -0.2) is 4.79 Å². The minimum atomic E-state index is -0.986. The number of benzene rings is 2. The topological polar surface area (TPSA) is 80.4 Å². The fourth-order valence-corrected chi connectivity index (χ4v) is 2.97. The molecule has 0 fully saturated rings.